The Kier molecular flexibility index (Phi) is 2.09. The molecule has 0 bridgehead atoms. The highest BCUT2D eigenvalue weighted by Gasteiger charge is 2.02. The van der Waals surface area contributed by atoms with E-state index < -0.39 is 0 Å². The molecule has 0 aliphatic heterocycles. The van der Waals surface area contributed by atoms with Gasteiger partial charge in [0.15, 0.2) is 5.13 Å². The minimum absolute atomic E-state index is 0.397. The number of nitrogens with one attached hydrogen (secondary N) is 1. The fourth-order valence-corrected chi connectivity index (χ4v) is 1.71. The average Bonchev–Trinajstić information content (AvgIpc) is 2.60. The van der Waals surface area contributed by atoms with Crippen LogP contribution in [0.2, 0.25) is 0 Å². The van der Waals surface area contributed by atoms with Gasteiger partial charge in [-0.25, -0.2) is 4.98 Å². The largest absolute Gasteiger partial charge is 0.383 e. The lowest BCUT2D eigenvalue weighted by atomic mass is 10.1. The van der Waals surface area contributed by atoms with Gasteiger partial charge in [0.2, 0.25) is 0 Å². The van der Waals surface area contributed by atoms with Crippen molar-refractivity contribution in [1.82, 2.24) is 4.98 Å². The zero-order chi connectivity index (χ0) is 10.7. The van der Waals surface area contributed by atoms with Gasteiger partial charge in [0.05, 0.1) is 0 Å². The quantitative estimate of drug-likeness (QED) is 0.731. The summed E-state index contributed by atoms with van der Waals surface area (Å²) in [5.41, 5.74) is 6.57. The third-order valence-electron chi connectivity index (χ3n) is 1.71. The molecular formula is C9H9BN3S. The van der Waals surface area contributed by atoms with Gasteiger partial charge >= 0.3 is 0 Å². The molecule has 0 fully saturated rings. The van der Waals surface area contributed by atoms with E-state index in [-0.39, 0.29) is 0 Å². The zero-order valence-corrected chi connectivity index (χ0v) is 8.21. The van der Waals surface area contributed by atoms with Crippen LogP contribution in [0, 0.1) is 0 Å². The molecule has 5 heteroatoms. The molecule has 1 aromatic carbocycles. The van der Waals surface area contributed by atoms with Crippen LogP contribution in [-0.4, -0.2) is 14.1 Å². The second kappa shape index (κ2) is 3.71. The van der Waals surface area contributed by atoms with Crippen molar-refractivity contribution in [3.05, 3.63) is 30.3 Å². The molecule has 1 aromatic heterocycles. The molecule has 0 unspecified atom stereocenters. The Labute approximate surface area is 88.7 Å². The number of nitrogens with zero attached hydrogens (tertiary/aromatic N) is 1. The SMILES string of the molecule is [2H][B]c1sc(Nc2ccccc2)nc1N. The Morgan fingerprint density at radius 3 is 2.86 bits per heavy atom. The first-order valence-corrected chi connectivity index (χ1v) is 4.91. The molecule has 0 spiro atoms. The molecule has 1 radical (unpaired) electrons. The van der Waals surface area contributed by atoms with Gasteiger partial charge < -0.3 is 11.1 Å². The minimum Gasteiger partial charge on any atom is -0.383 e. The monoisotopic (exact) mass is 203 g/mol. The first-order valence-electron chi connectivity index (χ1n) is 4.67. The lowest BCUT2D eigenvalue weighted by molar-refractivity contribution is 1.40. The number of hydrogen-bond donors (Lipinski definition) is 2. The molecule has 14 heavy (non-hydrogen) atoms. The standard InChI is InChI=1S/C9H9BN3S/c10-7-8(11)13-9(14-7)12-6-4-2-1-3-5-6/h1-5,10H,11H2,(H,12,13)/i10D. The lowest BCUT2D eigenvalue weighted by Gasteiger charge is -1.99. The minimum atomic E-state index is 0.397. The maximum atomic E-state index is 7.12. The van der Waals surface area contributed by atoms with Crippen molar-refractivity contribution in [3.63, 3.8) is 0 Å². The van der Waals surface area contributed by atoms with Crippen molar-refractivity contribution >= 4 is 40.6 Å². The van der Waals surface area contributed by atoms with Gasteiger partial charge in [0.1, 0.15) is 13.6 Å². The Hall–Kier alpha value is -1.49. The zero-order valence-electron chi connectivity index (χ0n) is 8.40. The van der Waals surface area contributed by atoms with Crippen LogP contribution in [0.25, 0.3) is 0 Å². The number of aromatic nitrogens is 1. The summed E-state index contributed by atoms with van der Waals surface area (Å²) in [5, 5.41) is 3.83. The molecule has 0 amide bonds. The topological polar surface area (TPSA) is 50.9 Å². The number of hydrogen-bond acceptors (Lipinski definition) is 4. The summed E-state index contributed by atoms with van der Waals surface area (Å²) in [5.74, 6) is 0.397. The van der Waals surface area contributed by atoms with Crippen LogP contribution in [0.3, 0.4) is 0 Å². The fourth-order valence-electron chi connectivity index (χ4n) is 1.04. The second-order valence-corrected chi connectivity index (χ2v) is 3.79. The maximum Gasteiger partial charge on any atom is 0.188 e. The number of rotatable bonds is 3. The molecule has 0 saturated carbocycles. The molecule has 0 atom stereocenters. The number of nitrogen functional groups attached to an aromatic ring is 1. The second-order valence-electron chi connectivity index (χ2n) is 2.76. The van der Waals surface area contributed by atoms with Crippen molar-refractivity contribution in [2.24, 2.45) is 0 Å². The van der Waals surface area contributed by atoms with Gasteiger partial charge in [-0.05, 0) is 13.5 Å². The third-order valence-corrected chi connectivity index (χ3v) is 2.52. The normalized spacial score (nSPS) is 10.7. The first-order chi connectivity index (χ1) is 7.29. The average molecular weight is 203 g/mol. The molecule has 2 rings (SSSR count). The maximum absolute atomic E-state index is 7.12. The Morgan fingerprint density at radius 2 is 2.21 bits per heavy atom. The van der Waals surface area contributed by atoms with E-state index in [1.54, 1.807) is 0 Å². The molecule has 3 nitrogen and oxygen atoms in total. The van der Waals surface area contributed by atoms with Crippen molar-refractivity contribution < 1.29 is 0 Å². The van der Waals surface area contributed by atoms with Crippen molar-refractivity contribution in [3.8, 4) is 0 Å². The number of thiazole rings is 1. The molecule has 0 aliphatic carbocycles. The van der Waals surface area contributed by atoms with Crippen LogP contribution in [0.4, 0.5) is 16.6 Å². The molecular weight excluding hydrogens is 193 g/mol. The predicted octanol–water partition coefficient (Wildman–Crippen LogP) is 0.995. The first kappa shape index (κ1) is 7.88. The van der Waals surface area contributed by atoms with Gasteiger partial charge in [-0.3, -0.25) is 0 Å². The van der Waals surface area contributed by atoms with Crippen molar-refractivity contribution in [2.45, 2.75) is 0 Å². The Morgan fingerprint density at radius 1 is 1.43 bits per heavy atom. The summed E-state index contributed by atoms with van der Waals surface area (Å²) in [6.45, 7) is 0. The highest BCUT2D eigenvalue weighted by Crippen LogP contribution is 2.18. The van der Waals surface area contributed by atoms with E-state index in [9.17, 15) is 0 Å². The van der Waals surface area contributed by atoms with E-state index in [4.69, 9.17) is 7.07 Å². The Bertz CT molecular complexity index is 446. The molecule has 0 aliphatic rings. The van der Waals surface area contributed by atoms with Crippen LogP contribution < -0.4 is 15.8 Å². The van der Waals surface area contributed by atoms with Crippen LogP contribution in [0.5, 0.6) is 0 Å². The van der Waals surface area contributed by atoms with E-state index in [1.165, 1.54) is 19.1 Å². The predicted molar refractivity (Wildman–Crippen MR) is 63.0 cm³/mol. The smallest absolute Gasteiger partial charge is 0.188 e. The number of nitrogens with two attached hydrogens (primary N) is 1. The summed E-state index contributed by atoms with van der Waals surface area (Å²) in [6.07, 6.45) is 0. The van der Waals surface area contributed by atoms with E-state index in [1.807, 2.05) is 30.3 Å². The molecule has 3 N–H and O–H groups in total. The summed E-state index contributed by atoms with van der Waals surface area (Å²) >= 11 is 1.36. The molecule has 2 aromatic rings. The van der Waals surface area contributed by atoms with E-state index >= 15 is 0 Å². The highest BCUT2D eigenvalue weighted by atomic mass is 32.1. The fraction of sp³-hybridized carbons (Fsp3) is 0. The van der Waals surface area contributed by atoms with Crippen molar-refractivity contribution in [1.29, 1.82) is 1.34 Å². The van der Waals surface area contributed by atoms with Crippen LogP contribution >= 0.6 is 11.3 Å². The number of benzene rings is 1. The van der Waals surface area contributed by atoms with Crippen molar-refractivity contribution in [2.75, 3.05) is 11.1 Å². The van der Waals surface area contributed by atoms with Gasteiger partial charge in [0.25, 0.3) is 0 Å². The van der Waals surface area contributed by atoms with Crippen LogP contribution in [0.15, 0.2) is 30.3 Å². The molecule has 1 heterocycles. The molecule has 0 saturated heterocycles. The van der Waals surface area contributed by atoms with Crippen LogP contribution in [-0.2, 0) is 0 Å². The lowest BCUT2D eigenvalue weighted by Crippen LogP contribution is -2.02. The van der Waals surface area contributed by atoms with E-state index in [0.717, 1.165) is 5.69 Å². The Balaban J connectivity index is 2.18. The highest BCUT2D eigenvalue weighted by molar-refractivity contribution is 7.23. The molecule has 69 valence electrons. The summed E-state index contributed by atoms with van der Waals surface area (Å²) in [7, 11) is 1.21. The van der Waals surface area contributed by atoms with E-state index in [0.29, 0.717) is 15.7 Å². The summed E-state index contributed by atoms with van der Waals surface area (Å²) in [4.78, 5) is 4.11. The van der Waals surface area contributed by atoms with Gasteiger partial charge in [-0.1, -0.05) is 18.2 Å². The van der Waals surface area contributed by atoms with Gasteiger partial charge in [-0.15, -0.1) is 11.3 Å². The van der Waals surface area contributed by atoms with E-state index in [2.05, 4.69) is 10.3 Å². The number of para-hydroxylation sites is 1. The van der Waals surface area contributed by atoms with Gasteiger partial charge in [-0.2, -0.15) is 0 Å². The summed E-state index contributed by atoms with van der Waals surface area (Å²) < 4.78 is 7.79. The number of anilines is 3. The third kappa shape index (κ3) is 1.88. The van der Waals surface area contributed by atoms with Gasteiger partial charge in [0, 0.05) is 10.5 Å². The van der Waals surface area contributed by atoms with Crippen LogP contribution in [0.1, 0.15) is 0 Å². The summed E-state index contributed by atoms with van der Waals surface area (Å²) in [6, 6.07) is 9.72.